The molecule has 0 radical (unpaired) electrons. The lowest BCUT2D eigenvalue weighted by molar-refractivity contribution is -0.119. The lowest BCUT2D eigenvalue weighted by Crippen LogP contribution is -2.39. The molecule has 0 aliphatic heterocycles. The third-order valence-corrected chi connectivity index (χ3v) is 6.86. The van der Waals surface area contributed by atoms with E-state index in [0.29, 0.717) is 18.4 Å². The predicted octanol–water partition coefficient (Wildman–Crippen LogP) is 5.01. The fraction of sp³-hybridized carbons (Fsp3) is 0.393. The van der Waals surface area contributed by atoms with E-state index in [9.17, 15) is 4.79 Å². The van der Waals surface area contributed by atoms with Crippen LogP contribution in [0, 0.1) is 0 Å². The fourth-order valence-electron chi connectivity index (χ4n) is 4.89. The third kappa shape index (κ3) is 5.87. The number of aromatic nitrogens is 5. The molecule has 5 rings (SSSR count). The highest BCUT2D eigenvalue weighted by atomic mass is 16.1. The number of nitrogens with zero attached hydrogens (tertiary/aromatic N) is 4. The molecule has 0 bridgehead atoms. The molecule has 0 aromatic carbocycles. The maximum absolute atomic E-state index is 11.4. The molecular formula is C28H34N8O. The molecule has 9 heteroatoms. The number of H-pyrrole nitrogens is 1. The number of nitrogens with one attached hydrogen (secondary N) is 4. The Morgan fingerprint density at radius 2 is 1.81 bits per heavy atom. The molecule has 192 valence electrons. The van der Waals surface area contributed by atoms with Crippen molar-refractivity contribution in [2.24, 2.45) is 0 Å². The molecule has 4 N–H and O–H groups in total. The Morgan fingerprint density at radius 3 is 2.49 bits per heavy atom. The first-order valence-corrected chi connectivity index (χ1v) is 13.0. The lowest BCUT2D eigenvalue weighted by Gasteiger charge is -2.29. The summed E-state index contributed by atoms with van der Waals surface area (Å²) in [7, 11) is 0. The Bertz CT molecular complexity index is 1340. The normalized spacial score (nSPS) is 17.6. The van der Waals surface area contributed by atoms with E-state index < -0.39 is 0 Å². The highest BCUT2D eigenvalue weighted by Crippen LogP contribution is 2.30. The number of fused-ring (bicyclic) bond motifs is 1. The first kappa shape index (κ1) is 24.7. The Balaban J connectivity index is 1.32. The van der Waals surface area contributed by atoms with E-state index in [2.05, 4.69) is 50.8 Å². The van der Waals surface area contributed by atoms with E-state index in [1.807, 2.05) is 36.7 Å². The summed E-state index contributed by atoms with van der Waals surface area (Å²) in [6.45, 7) is 6.50. The van der Waals surface area contributed by atoms with Gasteiger partial charge in [0.2, 0.25) is 11.9 Å². The molecule has 1 aliphatic rings. The summed E-state index contributed by atoms with van der Waals surface area (Å²) in [6.07, 6.45) is 9.51. The summed E-state index contributed by atoms with van der Waals surface area (Å²) < 4.78 is 0. The maximum Gasteiger partial charge on any atom is 0.225 e. The molecule has 4 aromatic heterocycles. The number of carbonyl (C=O) groups excluding carboxylic acids is 1. The highest BCUT2D eigenvalue weighted by molar-refractivity contribution is 5.89. The second-order valence-electron chi connectivity index (χ2n) is 10.0. The van der Waals surface area contributed by atoms with E-state index in [-0.39, 0.29) is 18.0 Å². The number of pyridine rings is 2. The number of hydrogen-bond acceptors (Lipinski definition) is 7. The summed E-state index contributed by atoms with van der Waals surface area (Å²) in [5, 5.41) is 10.1. The van der Waals surface area contributed by atoms with Gasteiger partial charge in [0, 0.05) is 44.1 Å². The largest absolute Gasteiger partial charge is 0.364 e. The number of carbonyl (C=O) groups is 1. The predicted molar refractivity (Wildman–Crippen MR) is 146 cm³/mol. The minimum Gasteiger partial charge on any atom is -0.364 e. The molecule has 0 unspecified atom stereocenters. The maximum atomic E-state index is 11.4. The first-order chi connectivity index (χ1) is 18.0. The van der Waals surface area contributed by atoms with Gasteiger partial charge >= 0.3 is 0 Å². The Labute approximate surface area is 216 Å². The second-order valence-corrected chi connectivity index (χ2v) is 10.0. The molecule has 1 amide bonds. The Kier molecular flexibility index (Phi) is 7.30. The smallest absolute Gasteiger partial charge is 0.225 e. The van der Waals surface area contributed by atoms with Crippen molar-refractivity contribution >= 4 is 28.7 Å². The summed E-state index contributed by atoms with van der Waals surface area (Å²) >= 11 is 0. The topological polar surface area (TPSA) is 121 Å². The number of amides is 1. The molecule has 4 heterocycles. The average Bonchev–Trinajstić information content (AvgIpc) is 3.33. The van der Waals surface area contributed by atoms with Crippen LogP contribution in [-0.2, 0) is 11.3 Å². The summed E-state index contributed by atoms with van der Waals surface area (Å²) in [5.74, 6) is 1.76. The van der Waals surface area contributed by atoms with Gasteiger partial charge in [-0.05, 0) is 60.9 Å². The zero-order valence-electron chi connectivity index (χ0n) is 21.6. The van der Waals surface area contributed by atoms with Crippen LogP contribution in [0.15, 0.2) is 48.9 Å². The van der Waals surface area contributed by atoms with Gasteiger partial charge in [-0.15, -0.1) is 0 Å². The highest BCUT2D eigenvalue weighted by Gasteiger charge is 2.23. The number of rotatable bonds is 8. The molecule has 0 spiro atoms. The van der Waals surface area contributed by atoms with E-state index >= 15 is 0 Å². The van der Waals surface area contributed by atoms with Crippen molar-refractivity contribution in [2.75, 3.05) is 10.6 Å². The van der Waals surface area contributed by atoms with Gasteiger partial charge in [0.25, 0.3) is 0 Å². The number of aromatic amines is 1. The summed E-state index contributed by atoms with van der Waals surface area (Å²) in [6, 6.07) is 10.4. The van der Waals surface area contributed by atoms with Gasteiger partial charge in [0.15, 0.2) is 5.82 Å². The minimum absolute atomic E-state index is 0.0381. The SMILES string of the molecule is CC(=O)NC1CCC(Nc2nc(NCc3ccc(-c4ccccn4)nc3)c3[nH]cc(C(C)C)c3n2)CC1. The van der Waals surface area contributed by atoms with Crippen LogP contribution in [0.1, 0.15) is 63.5 Å². The van der Waals surface area contributed by atoms with Crippen molar-refractivity contribution in [2.45, 2.75) is 71.0 Å². The molecule has 1 aliphatic carbocycles. The Hall–Kier alpha value is -4.01. The van der Waals surface area contributed by atoms with Crippen molar-refractivity contribution < 1.29 is 4.79 Å². The lowest BCUT2D eigenvalue weighted by atomic mass is 9.91. The standard InChI is InChI=1S/C28H34N8O/c1-17(2)22-16-31-26-25(22)35-28(34-21-10-8-20(9-11-21)33-18(3)37)36-27(26)32-15-19-7-12-24(30-14-19)23-6-4-5-13-29-23/h4-7,12-14,16-17,20-21,31H,8-11,15H2,1-3H3,(H,33,37)(H2,32,34,35,36). The van der Waals surface area contributed by atoms with E-state index in [1.165, 1.54) is 5.56 Å². The molecule has 37 heavy (non-hydrogen) atoms. The van der Waals surface area contributed by atoms with Crippen LogP contribution in [0.4, 0.5) is 11.8 Å². The van der Waals surface area contributed by atoms with Gasteiger partial charge in [0.05, 0.1) is 16.9 Å². The van der Waals surface area contributed by atoms with Crippen LogP contribution >= 0.6 is 0 Å². The minimum atomic E-state index is 0.0381. The zero-order valence-corrected chi connectivity index (χ0v) is 21.6. The van der Waals surface area contributed by atoms with Gasteiger partial charge < -0.3 is 20.9 Å². The van der Waals surface area contributed by atoms with E-state index in [1.54, 1.807) is 13.1 Å². The second kappa shape index (κ2) is 10.9. The van der Waals surface area contributed by atoms with Crippen LogP contribution in [0.3, 0.4) is 0 Å². The van der Waals surface area contributed by atoms with Crippen molar-refractivity contribution in [3.63, 3.8) is 0 Å². The van der Waals surface area contributed by atoms with Crippen LogP contribution < -0.4 is 16.0 Å². The average molecular weight is 499 g/mol. The number of anilines is 2. The van der Waals surface area contributed by atoms with Crippen LogP contribution in [0.5, 0.6) is 0 Å². The molecule has 0 atom stereocenters. The van der Waals surface area contributed by atoms with Crippen molar-refractivity contribution in [1.29, 1.82) is 0 Å². The van der Waals surface area contributed by atoms with Gasteiger partial charge in [-0.1, -0.05) is 26.0 Å². The van der Waals surface area contributed by atoms with Crippen LogP contribution in [-0.4, -0.2) is 42.9 Å². The molecule has 9 nitrogen and oxygen atoms in total. The van der Waals surface area contributed by atoms with Gasteiger partial charge in [-0.25, -0.2) is 4.98 Å². The molecule has 1 saturated carbocycles. The van der Waals surface area contributed by atoms with E-state index in [4.69, 9.17) is 9.97 Å². The summed E-state index contributed by atoms with van der Waals surface area (Å²) in [4.78, 5) is 33.5. The zero-order chi connectivity index (χ0) is 25.8. The van der Waals surface area contributed by atoms with Gasteiger partial charge in [-0.3, -0.25) is 14.8 Å². The van der Waals surface area contributed by atoms with Gasteiger partial charge in [0.1, 0.15) is 5.52 Å². The molecule has 4 aromatic rings. The molecule has 0 saturated heterocycles. The quantitative estimate of drug-likeness (QED) is 0.269. The van der Waals surface area contributed by atoms with Crippen LogP contribution in [0.25, 0.3) is 22.4 Å². The van der Waals surface area contributed by atoms with Crippen molar-refractivity contribution in [3.05, 3.63) is 60.0 Å². The monoisotopic (exact) mass is 498 g/mol. The molecular weight excluding hydrogens is 464 g/mol. The van der Waals surface area contributed by atoms with Crippen molar-refractivity contribution in [3.8, 4) is 11.4 Å². The van der Waals surface area contributed by atoms with E-state index in [0.717, 1.165) is 59.5 Å². The Morgan fingerprint density at radius 1 is 1.03 bits per heavy atom. The summed E-state index contributed by atoms with van der Waals surface area (Å²) in [5.41, 5.74) is 5.76. The number of hydrogen-bond donors (Lipinski definition) is 4. The fourth-order valence-corrected chi connectivity index (χ4v) is 4.89. The van der Waals surface area contributed by atoms with Gasteiger partial charge in [-0.2, -0.15) is 4.98 Å². The van der Waals surface area contributed by atoms with Crippen molar-refractivity contribution in [1.82, 2.24) is 30.2 Å². The molecule has 1 fully saturated rings. The van der Waals surface area contributed by atoms with Crippen LogP contribution in [0.2, 0.25) is 0 Å². The third-order valence-electron chi connectivity index (χ3n) is 6.86. The first-order valence-electron chi connectivity index (χ1n) is 13.0.